The number of unbranched alkanes of at least 4 members (excludes halogenated alkanes) is 3. The normalized spacial score (nSPS) is 11.4. The number of benzene rings is 1. The summed E-state index contributed by atoms with van der Waals surface area (Å²) in [6.07, 6.45) is 5.52. The average Bonchev–Trinajstić information content (AvgIpc) is 3.61. The number of aryl methyl sites for hydroxylation is 1. The molecule has 0 aliphatic rings. The standard InChI is InChI=1S/C26H28O4S5.Na/c27-35(28,29)22-11-9-21(10-12-22)30-14-3-1-2-4-15-31-18-13-20-19-25(23-7-5-16-32-23)34-26(20)24-8-6-17-33-24;/h5-12,16-17,19H,1-4,13-15,18H2,(H,27,28,29);/q;+1/p-1. The number of ether oxygens (including phenoxy) is 1. The van der Waals surface area contributed by atoms with Crippen molar-refractivity contribution in [1.29, 1.82) is 0 Å². The van der Waals surface area contributed by atoms with Crippen LogP contribution in [0.2, 0.25) is 0 Å². The molecule has 0 radical (unpaired) electrons. The number of rotatable bonds is 14. The first-order valence-electron chi connectivity index (χ1n) is 11.5. The van der Waals surface area contributed by atoms with Crippen LogP contribution in [0.4, 0.5) is 0 Å². The summed E-state index contributed by atoms with van der Waals surface area (Å²) in [5, 5.41) is 4.30. The fourth-order valence-corrected chi connectivity index (χ4v) is 7.98. The van der Waals surface area contributed by atoms with E-state index in [1.54, 1.807) is 11.3 Å². The van der Waals surface area contributed by atoms with Crippen molar-refractivity contribution in [3.05, 3.63) is 70.9 Å². The molecular weight excluding hydrogens is 560 g/mol. The molecule has 0 bridgehead atoms. The van der Waals surface area contributed by atoms with Crippen LogP contribution in [0.25, 0.3) is 19.5 Å². The molecule has 4 rings (SSSR count). The number of thiophene rings is 3. The van der Waals surface area contributed by atoms with Crippen LogP contribution in [0, 0.1) is 0 Å². The fourth-order valence-electron chi connectivity index (χ4n) is 3.61. The van der Waals surface area contributed by atoms with Crippen LogP contribution in [0.15, 0.2) is 70.3 Å². The van der Waals surface area contributed by atoms with Crippen molar-refractivity contribution < 1.29 is 47.3 Å². The summed E-state index contributed by atoms with van der Waals surface area (Å²) in [4.78, 5) is 5.28. The van der Waals surface area contributed by atoms with Crippen LogP contribution in [0.3, 0.4) is 0 Å². The Hall–Kier alpha value is -0.620. The third-order valence-electron chi connectivity index (χ3n) is 5.40. The number of hydrogen-bond donors (Lipinski definition) is 0. The first-order valence-corrected chi connectivity index (χ1v) is 16.6. The maximum absolute atomic E-state index is 11.0. The molecule has 0 unspecified atom stereocenters. The van der Waals surface area contributed by atoms with Crippen LogP contribution in [-0.2, 0) is 16.5 Å². The van der Waals surface area contributed by atoms with Gasteiger partial charge in [0.25, 0.3) is 0 Å². The second kappa shape index (κ2) is 15.1. The van der Waals surface area contributed by atoms with Gasteiger partial charge in [-0.1, -0.05) is 25.0 Å². The first-order chi connectivity index (χ1) is 17.0. The molecule has 1 aromatic carbocycles. The SMILES string of the molecule is O=S(=O)([O-])c1ccc(OCCCCCCSCCc2cc(-c3cccs3)sc2-c2cccs2)cc1.[Na+]. The Bertz CT molecular complexity index is 1260. The van der Waals surface area contributed by atoms with Crippen LogP contribution in [0.5, 0.6) is 5.75 Å². The van der Waals surface area contributed by atoms with Crippen LogP contribution in [0.1, 0.15) is 31.2 Å². The van der Waals surface area contributed by atoms with Crippen LogP contribution >= 0.6 is 45.8 Å². The minimum Gasteiger partial charge on any atom is -0.744 e. The fraction of sp³-hybridized carbons (Fsp3) is 0.308. The summed E-state index contributed by atoms with van der Waals surface area (Å²) in [5.41, 5.74) is 1.46. The van der Waals surface area contributed by atoms with Gasteiger partial charge in [-0.2, -0.15) is 11.8 Å². The molecule has 0 saturated carbocycles. The Balaban J connectivity index is 0.00000361. The summed E-state index contributed by atoms with van der Waals surface area (Å²) in [6.45, 7) is 0.590. The van der Waals surface area contributed by atoms with Gasteiger partial charge in [0.2, 0.25) is 0 Å². The Morgan fingerprint density at radius 1 is 0.833 bits per heavy atom. The smallest absolute Gasteiger partial charge is 0.744 e. The van der Waals surface area contributed by atoms with Crippen molar-refractivity contribution in [2.45, 2.75) is 37.0 Å². The molecule has 0 saturated heterocycles. The van der Waals surface area contributed by atoms with Gasteiger partial charge in [-0.15, -0.1) is 34.0 Å². The minimum atomic E-state index is -4.40. The molecular formula is C26H27NaO4S5. The molecule has 0 aliphatic heterocycles. The van der Waals surface area contributed by atoms with Crippen molar-refractivity contribution in [3.63, 3.8) is 0 Å². The second-order valence-electron chi connectivity index (χ2n) is 7.97. The van der Waals surface area contributed by atoms with E-state index < -0.39 is 10.1 Å². The molecule has 3 heterocycles. The van der Waals surface area contributed by atoms with E-state index >= 15 is 0 Å². The maximum atomic E-state index is 11.0. The van der Waals surface area contributed by atoms with Crippen molar-refractivity contribution in [2.24, 2.45) is 0 Å². The molecule has 0 amide bonds. The van der Waals surface area contributed by atoms with Crippen molar-refractivity contribution in [2.75, 3.05) is 18.1 Å². The summed E-state index contributed by atoms with van der Waals surface area (Å²) in [6, 6.07) is 16.7. The van der Waals surface area contributed by atoms with Gasteiger partial charge in [0.05, 0.1) is 11.5 Å². The molecule has 0 aliphatic carbocycles. The van der Waals surface area contributed by atoms with Gasteiger partial charge in [-0.25, -0.2) is 8.42 Å². The van der Waals surface area contributed by atoms with Crippen LogP contribution in [-0.4, -0.2) is 31.1 Å². The average molecular weight is 587 g/mol. The quantitative estimate of drug-likeness (QED) is 0.118. The predicted molar refractivity (Wildman–Crippen MR) is 150 cm³/mol. The van der Waals surface area contributed by atoms with Crippen LogP contribution < -0.4 is 34.3 Å². The molecule has 3 aromatic heterocycles. The van der Waals surface area contributed by atoms with E-state index in [0.29, 0.717) is 12.4 Å². The van der Waals surface area contributed by atoms with E-state index in [-0.39, 0.29) is 34.5 Å². The molecule has 10 heteroatoms. The molecule has 4 nitrogen and oxygen atoms in total. The predicted octanol–water partition coefficient (Wildman–Crippen LogP) is 5.03. The second-order valence-corrected chi connectivity index (χ2v) is 13.5. The molecule has 0 spiro atoms. The third kappa shape index (κ3) is 8.99. The topological polar surface area (TPSA) is 66.4 Å². The molecule has 4 aromatic rings. The van der Waals surface area contributed by atoms with E-state index in [1.165, 1.54) is 67.9 Å². The monoisotopic (exact) mass is 586 g/mol. The van der Waals surface area contributed by atoms with Gasteiger partial charge in [0, 0.05) is 19.5 Å². The van der Waals surface area contributed by atoms with Gasteiger partial charge < -0.3 is 9.29 Å². The Labute approximate surface area is 252 Å². The van der Waals surface area contributed by atoms with Gasteiger partial charge >= 0.3 is 29.6 Å². The van der Waals surface area contributed by atoms with Crippen molar-refractivity contribution in [3.8, 4) is 25.3 Å². The molecule has 186 valence electrons. The summed E-state index contributed by atoms with van der Waals surface area (Å²) >= 11 is 7.57. The summed E-state index contributed by atoms with van der Waals surface area (Å²) in [5.74, 6) is 2.89. The number of hydrogen-bond acceptors (Lipinski definition) is 8. The van der Waals surface area contributed by atoms with Gasteiger partial charge in [-0.3, -0.25) is 0 Å². The Morgan fingerprint density at radius 3 is 2.19 bits per heavy atom. The van der Waals surface area contributed by atoms with Crippen molar-refractivity contribution in [1.82, 2.24) is 0 Å². The first kappa shape index (κ1) is 29.9. The zero-order valence-corrected chi connectivity index (χ0v) is 26.3. The largest absolute Gasteiger partial charge is 1.00 e. The van der Waals surface area contributed by atoms with E-state index in [0.717, 1.165) is 25.0 Å². The van der Waals surface area contributed by atoms with E-state index in [1.807, 2.05) is 34.4 Å². The summed E-state index contributed by atoms with van der Waals surface area (Å²) < 4.78 is 38.5. The Kier molecular flexibility index (Phi) is 12.5. The summed E-state index contributed by atoms with van der Waals surface area (Å²) in [7, 11) is -4.40. The molecule has 0 N–H and O–H groups in total. The zero-order valence-electron chi connectivity index (χ0n) is 20.2. The van der Waals surface area contributed by atoms with Crippen molar-refractivity contribution >= 4 is 55.9 Å². The van der Waals surface area contributed by atoms with E-state index in [9.17, 15) is 13.0 Å². The Morgan fingerprint density at radius 2 is 1.53 bits per heavy atom. The maximum Gasteiger partial charge on any atom is 1.00 e. The number of thioether (sulfide) groups is 1. The van der Waals surface area contributed by atoms with Gasteiger partial charge in [0.15, 0.2) is 0 Å². The van der Waals surface area contributed by atoms with E-state index in [4.69, 9.17) is 4.74 Å². The van der Waals surface area contributed by atoms with Gasteiger partial charge in [0.1, 0.15) is 15.9 Å². The molecule has 36 heavy (non-hydrogen) atoms. The molecule has 0 atom stereocenters. The minimum absolute atomic E-state index is 0. The molecule has 0 fully saturated rings. The van der Waals surface area contributed by atoms with E-state index in [2.05, 4.69) is 41.1 Å². The van der Waals surface area contributed by atoms with Gasteiger partial charge in [-0.05, 0) is 89.6 Å². The zero-order chi connectivity index (χ0) is 24.5. The third-order valence-corrected chi connectivity index (χ3v) is 10.6.